The lowest BCUT2D eigenvalue weighted by Crippen LogP contribution is -2.00. The molecule has 0 unspecified atom stereocenters. The third-order valence-electron chi connectivity index (χ3n) is 10.7. The van der Waals surface area contributed by atoms with Crippen molar-refractivity contribution in [2.24, 2.45) is 0 Å². The third-order valence-corrected chi connectivity index (χ3v) is 10.7. The van der Waals surface area contributed by atoms with Gasteiger partial charge in [-0.25, -0.2) is 15.0 Å². The molecule has 3 aromatic heterocycles. The van der Waals surface area contributed by atoms with Gasteiger partial charge in [-0.15, -0.1) is 0 Å². The van der Waals surface area contributed by atoms with Gasteiger partial charge in [-0.1, -0.05) is 133 Å². The highest BCUT2D eigenvalue weighted by molar-refractivity contribution is 6.12. The summed E-state index contributed by atoms with van der Waals surface area (Å²) in [7, 11) is 0. The van der Waals surface area contributed by atoms with E-state index in [0.717, 1.165) is 66.6 Å². The van der Waals surface area contributed by atoms with Gasteiger partial charge in [-0.2, -0.15) is 0 Å². The Morgan fingerprint density at radius 1 is 0.339 bits per heavy atom. The number of furan rings is 1. The van der Waals surface area contributed by atoms with E-state index in [1.54, 1.807) is 0 Å². The fraction of sp³-hybridized carbons (Fsp3) is 0. The highest BCUT2D eigenvalue weighted by Crippen LogP contribution is 2.41. The smallest absolute Gasteiger partial charge is 0.164 e. The maximum absolute atomic E-state index is 6.76. The average Bonchev–Trinajstić information content (AvgIpc) is 3.82. The van der Waals surface area contributed by atoms with Gasteiger partial charge in [0.2, 0.25) is 0 Å². The van der Waals surface area contributed by atoms with Crippen molar-refractivity contribution in [1.29, 1.82) is 0 Å². The molecule has 0 atom stereocenters. The number of fused-ring (bicyclic) bond motifs is 6. The Kier molecular flexibility index (Phi) is 7.42. The highest BCUT2D eigenvalue weighted by Gasteiger charge is 2.19. The summed E-state index contributed by atoms with van der Waals surface area (Å²) >= 11 is 0. The van der Waals surface area contributed by atoms with Crippen LogP contribution in [0.3, 0.4) is 0 Å². The number of benzene rings is 8. The first kappa shape index (κ1) is 31.9. The molecule has 0 radical (unpaired) electrons. The van der Waals surface area contributed by atoms with Crippen molar-refractivity contribution in [1.82, 2.24) is 19.5 Å². The maximum atomic E-state index is 6.76. The van der Waals surface area contributed by atoms with Crippen molar-refractivity contribution in [3.63, 3.8) is 0 Å². The molecule has 0 spiro atoms. The topological polar surface area (TPSA) is 56.7 Å². The summed E-state index contributed by atoms with van der Waals surface area (Å²) in [6, 6.07) is 67.4. The molecule has 0 saturated carbocycles. The van der Waals surface area contributed by atoms with E-state index in [9.17, 15) is 0 Å². The molecule has 11 rings (SSSR count). The fourth-order valence-corrected chi connectivity index (χ4v) is 7.96. The zero-order valence-corrected chi connectivity index (χ0v) is 30.2. The monoisotopic (exact) mass is 716 g/mol. The van der Waals surface area contributed by atoms with Crippen molar-refractivity contribution in [2.45, 2.75) is 0 Å². The summed E-state index contributed by atoms with van der Waals surface area (Å²) in [6.45, 7) is 0. The Morgan fingerprint density at radius 3 is 1.46 bits per heavy atom. The Morgan fingerprint density at radius 2 is 0.839 bits per heavy atom. The summed E-state index contributed by atoms with van der Waals surface area (Å²) in [5, 5.41) is 4.57. The molecular formula is C51H32N4O. The zero-order valence-electron chi connectivity index (χ0n) is 30.2. The Labute approximate surface area is 322 Å². The quantitative estimate of drug-likeness (QED) is 0.172. The van der Waals surface area contributed by atoms with Crippen LogP contribution in [0.4, 0.5) is 0 Å². The summed E-state index contributed by atoms with van der Waals surface area (Å²) in [5.41, 5.74) is 12.2. The molecular weight excluding hydrogens is 685 g/mol. The van der Waals surface area contributed by atoms with Gasteiger partial charge in [0.15, 0.2) is 17.5 Å². The first-order chi connectivity index (χ1) is 27.7. The molecule has 56 heavy (non-hydrogen) atoms. The average molecular weight is 717 g/mol. The molecule has 0 fully saturated rings. The standard InChI is InChI=1S/C51H32N4O/c1-4-14-33(15-5-1)38-30-43(34-16-6-2-7-17-34)48-44(31-38)42-29-26-37(32-47(42)56-48)51-53-49(35-18-8-3-9-19-35)52-50(54-51)36-24-27-39(28-25-36)55-45-22-12-10-20-40(45)41-21-11-13-23-46(41)55/h1-32H. The number of rotatable bonds is 6. The summed E-state index contributed by atoms with van der Waals surface area (Å²) in [6.07, 6.45) is 0. The molecule has 0 amide bonds. The minimum atomic E-state index is 0.580. The van der Waals surface area contributed by atoms with E-state index in [4.69, 9.17) is 19.4 Å². The number of hydrogen-bond acceptors (Lipinski definition) is 4. The predicted molar refractivity (Wildman–Crippen MR) is 229 cm³/mol. The molecule has 8 aromatic carbocycles. The van der Waals surface area contributed by atoms with Gasteiger partial charge in [-0.3, -0.25) is 0 Å². The third kappa shape index (κ3) is 5.37. The van der Waals surface area contributed by atoms with Gasteiger partial charge in [0.1, 0.15) is 11.2 Å². The minimum Gasteiger partial charge on any atom is -0.455 e. The van der Waals surface area contributed by atoms with Crippen LogP contribution in [-0.2, 0) is 0 Å². The van der Waals surface area contributed by atoms with Gasteiger partial charge < -0.3 is 8.98 Å². The zero-order chi connectivity index (χ0) is 37.0. The van der Waals surface area contributed by atoms with E-state index in [1.807, 2.05) is 42.5 Å². The largest absolute Gasteiger partial charge is 0.455 e. The number of para-hydroxylation sites is 2. The first-order valence-corrected chi connectivity index (χ1v) is 18.8. The van der Waals surface area contributed by atoms with E-state index in [2.05, 4.69) is 156 Å². The Hall–Kier alpha value is -7.63. The lowest BCUT2D eigenvalue weighted by molar-refractivity contribution is 0.670. The normalized spacial score (nSPS) is 11.6. The van der Waals surface area contributed by atoms with Crippen molar-refractivity contribution in [2.75, 3.05) is 0 Å². The van der Waals surface area contributed by atoms with Crippen LogP contribution < -0.4 is 0 Å². The van der Waals surface area contributed by atoms with Crippen LogP contribution in [-0.4, -0.2) is 19.5 Å². The Bertz CT molecular complexity index is 3170. The van der Waals surface area contributed by atoms with Gasteiger partial charge in [0.25, 0.3) is 0 Å². The molecule has 11 aromatic rings. The van der Waals surface area contributed by atoms with Crippen molar-refractivity contribution >= 4 is 43.7 Å². The summed E-state index contributed by atoms with van der Waals surface area (Å²) < 4.78 is 9.07. The predicted octanol–water partition coefficient (Wildman–Crippen LogP) is 13.2. The molecule has 3 heterocycles. The fourth-order valence-electron chi connectivity index (χ4n) is 7.96. The van der Waals surface area contributed by atoms with Crippen LogP contribution in [0.25, 0.3) is 106 Å². The number of aromatic nitrogens is 4. The van der Waals surface area contributed by atoms with Gasteiger partial charge in [0, 0.05) is 49.5 Å². The van der Waals surface area contributed by atoms with E-state index < -0.39 is 0 Å². The first-order valence-electron chi connectivity index (χ1n) is 18.8. The molecule has 262 valence electrons. The van der Waals surface area contributed by atoms with Gasteiger partial charge >= 0.3 is 0 Å². The van der Waals surface area contributed by atoms with Crippen LogP contribution in [0.1, 0.15) is 0 Å². The van der Waals surface area contributed by atoms with E-state index in [1.165, 1.54) is 21.8 Å². The van der Waals surface area contributed by atoms with Gasteiger partial charge in [-0.05, 0) is 77.4 Å². The SMILES string of the molecule is c1ccc(-c2cc(-c3ccccc3)c3oc4cc(-c5nc(-c6ccccc6)nc(-c6ccc(-n7c8ccccc8c8ccccc87)cc6)n5)ccc4c3c2)cc1. The summed E-state index contributed by atoms with van der Waals surface area (Å²) in [5.74, 6) is 1.79. The maximum Gasteiger partial charge on any atom is 0.164 e. The van der Waals surface area contributed by atoms with Crippen LogP contribution in [0.15, 0.2) is 199 Å². The molecule has 5 nitrogen and oxygen atoms in total. The lowest BCUT2D eigenvalue weighted by atomic mass is 9.95. The van der Waals surface area contributed by atoms with E-state index in [-0.39, 0.29) is 0 Å². The van der Waals surface area contributed by atoms with Crippen LogP contribution >= 0.6 is 0 Å². The van der Waals surface area contributed by atoms with Gasteiger partial charge in [0.05, 0.1) is 11.0 Å². The molecule has 0 N–H and O–H groups in total. The highest BCUT2D eigenvalue weighted by atomic mass is 16.3. The van der Waals surface area contributed by atoms with Crippen molar-refractivity contribution < 1.29 is 4.42 Å². The molecule has 0 bridgehead atoms. The van der Waals surface area contributed by atoms with Crippen LogP contribution in [0.5, 0.6) is 0 Å². The van der Waals surface area contributed by atoms with Crippen molar-refractivity contribution in [3.8, 4) is 62.1 Å². The van der Waals surface area contributed by atoms with E-state index in [0.29, 0.717) is 17.5 Å². The second-order valence-electron chi connectivity index (χ2n) is 14.0. The molecule has 0 aliphatic rings. The molecule has 0 aliphatic heterocycles. The molecule has 0 saturated heterocycles. The molecule has 5 heteroatoms. The lowest BCUT2D eigenvalue weighted by Gasteiger charge is -2.11. The number of hydrogen-bond donors (Lipinski definition) is 0. The minimum absolute atomic E-state index is 0.580. The Balaban J connectivity index is 1.05. The number of nitrogens with zero attached hydrogens (tertiary/aromatic N) is 4. The van der Waals surface area contributed by atoms with Crippen LogP contribution in [0, 0.1) is 0 Å². The summed E-state index contributed by atoms with van der Waals surface area (Å²) in [4.78, 5) is 15.2. The van der Waals surface area contributed by atoms with Crippen LogP contribution in [0.2, 0.25) is 0 Å². The molecule has 0 aliphatic carbocycles. The van der Waals surface area contributed by atoms with Crippen molar-refractivity contribution in [3.05, 3.63) is 194 Å². The second-order valence-corrected chi connectivity index (χ2v) is 14.0. The van der Waals surface area contributed by atoms with E-state index >= 15 is 0 Å². The second kappa shape index (κ2) is 13.0.